The molecule has 5 rings (SSSR count). The van der Waals surface area contributed by atoms with Gasteiger partial charge in [-0.2, -0.15) is 0 Å². The van der Waals surface area contributed by atoms with Gasteiger partial charge in [0.25, 0.3) is 0 Å². The first-order chi connectivity index (χ1) is 15.9. The lowest BCUT2D eigenvalue weighted by atomic mass is 9.67. The molecule has 0 saturated carbocycles. The van der Waals surface area contributed by atoms with E-state index in [1.54, 1.807) is 6.07 Å². The molecule has 0 radical (unpaired) electrons. The van der Waals surface area contributed by atoms with Crippen LogP contribution in [0, 0.1) is 12.7 Å². The molecular formula is C32H31F. The number of benzene rings is 4. The van der Waals surface area contributed by atoms with Crippen LogP contribution in [0.1, 0.15) is 78.5 Å². The van der Waals surface area contributed by atoms with Crippen molar-refractivity contribution in [1.82, 2.24) is 0 Å². The van der Waals surface area contributed by atoms with Crippen molar-refractivity contribution in [3.05, 3.63) is 130 Å². The maximum absolute atomic E-state index is 15.4. The lowest BCUT2D eigenvalue weighted by molar-refractivity contribution is 0.592. The van der Waals surface area contributed by atoms with Gasteiger partial charge >= 0.3 is 0 Å². The van der Waals surface area contributed by atoms with Gasteiger partial charge in [-0.15, -0.1) is 0 Å². The average molecular weight is 435 g/mol. The van der Waals surface area contributed by atoms with Gasteiger partial charge in [0, 0.05) is 0 Å². The number of rotatable bonds is 4. The fraction of sp³-hybridized carbons (Fsp3) is 0.250. The van der Waals surface area contributed by atoms with Crippen molar-refractivity contribution in [2.45, 2.75) is 51.9 Å². The number of fused-ring (bicyclic) bond motifs is 3. The molecule has 0 N–H and O–H groups in total. The molecule has 4 aromatic carbocycles. The second-order valence-corrected chi connectivity index (χ2v) is 9.96. The molecule has 0 fully saturated rings. The van der Waals surface area contributed by atoms with Gasteiger partial charge in [0.05, 0.1) is 5.41 Å². The van der Waals surface area contributed by atoms with Crippen LogP contribution in [0.25, 0.3) is 11.1 Å². The fourth-order valence-electron chi connectivity index (χ4n) is 5.81. The molecule has 0 aliphatic heterocycles. The summed E-state index contributed by atoms with van der Waals surface area (Å²) in [5, 5.41) is 0. The summed E-state index contributed by atoms with van der Waals surface area (Å²) >= 11 is 0. The molecule has 0 aromatic heterocycles. The topological polar surface area (TPSA) is 0 Å². The zero-order chi connectivity index (χ0) is 23.3. The molecule has 0 heterocycles. The Morgan fingerprint density at radius 3 is 1.58 bits per heavy atom. The van der Waals surface area contributed by atoms with E-state index in [-0.39, 0.29) is 11.7 Å². The molecule has 0 amide bonds. The van der Waals surface area contributed by atoms with Gasteiger partial charge in [0.1, 0.15) is 5.82 Å². The Hall–Kier alpha value is -3.19. The van der Waals surface area contributed by atoms with Crippen LogP contribution < -0.4 is 0 Å². The van der Waals surface area contributed by atoms with Gasteiger partial charge in [0.2, 0.25) is 0 Å². The van der Waals surface area contributed by atoms with E-state index in [9.17, 15) is 0 Å². The molecule has 0 spiro atoms. The lowest BCUT2D eigenvalue weighted by Crippen LogP contribution is -2.29. The smallest absolute Gasteiger partial charge is 0.126 e. The molecule has 1 heteroatoms. The molecule has 0 nitrogen and oxygen atoms in total. The van der Waals surface area contributed by atoms with E-state index in [1.165, 1.54) is 38.9 Å². The van der Waals surface area contributed by atoms with Crippen molar-refractivity contribution in [1.29, 1.82) is 0 Å². The third-order valence-corrected chi connectivity index (χ3v) is 7.33. The molecule has 33 heavy (non-hydrogen) atoms. The first-order valence-electron chi connectivity index (χ1n) is 12.0. The third-order valence-electron chi connectivity index (χ3n) is 7.33. The number of hydrogen-bond acceptors (Lipinski definition) is 0. The summed E-state index contributed by atoms with van der Waals surface area (Å²) in [7, 11) is 0. The maximum Gasteiger partial charge on any atom is 0.126 e. The molecule has 166 valence electrons. The van der Waals surface area contributed by atoms with Gasteiger partial charge in [0.15, 0.2) is 0 Å². The van der Waals surface area contributed by atoms with Crippen molar-refractivity contribution in [3.8, 4) is 11.1 Å². The van der Waals surface area contributed by atoms with Crippen molar-refractivity contribution < 1.29 is 4.39 Å². The normalized spacial score (nSPS) is 13.9. The molecular weight excluding hydrogens is 403 g/mol. The van der Waals surface area contributed by atoms with Crippen molar-refractivity contribution in [2.75, 3.05) is 0 Å². The number of halogens is 1. The first kappa shape index (κ1) is 21.6. The second-order valence-electron chi connectivity index (χ2n) is 9.96. The minimum absolute atomic E-state index is 0.126. The Morgan fingerprint density at radius 2 is 1.09 bits per heavy atom. The third kappa shape index (κ3) is 3.17. The van der Waals surface area contributed by atoms with E-state index in [1.807, 2.05) is 19.9 Å². The van der Waals surface area contributed by atoms with E-state index in [0.29, 0.717) is 5.92 Å². The highest BCUT2D eigenvalue weighted by molar-refractivity contribution is 5.86. The van der Waals surface area contributed by atoms with Gasteiger partial charge in [-0.25, -0.2) is 4.39 Å². The summed E-state index contributed by atoms with van der Waals surface area (Å²) in [5.41, 5.74) is 9.93. The monoisotopic (exact) mass is 434 g/mol. The van der Waals surface area contributed by atoms with Crippen LogP contribution in [-0.4, -0.2) is 0 Å². The van der Waals surface area contributed by atoms with Gasteiger partial charge < -0.3 is 0 Å². The Morgan fingerprint density at radius 1 is 0.606 bits per heavy atom. The highest BCUT2D eigenvalue weighted by atomic mass is 19.1. The Labute approximate surface area is 197 Å². The molecule has 0 saturated heterocycles. The predicted octanol–water partition coefficient (Wildman–Crippen LogP) is 8.74. The summed E-state index contributed by atoms with van der Waals surface area (Å²) in [5.74, 6) is 0.478. The van der Waals surface area contributed by atoms with Crippen LogP contribution in [0.2, 0.25) is 0 Å². The summed E-state index contributed by atoms with van der Waals surface area (Å²) in [6.07, 6.45) is 0. The largest absolute Gasteiger partial charge is 0.207 e. The fourth-order valence-corrected chi connectivity index (χ4v) is 5.81. The van der Waals surface area contributed by atoms with Crippen LogP contribution in [0.15, 0.2) is 84.9 Å². The highest BCUT2D eigenvalue weighted by Crippen LogP contribution is 2.56. The Balaban J connectivity index is 1.90. The standard InChI is InChI=1S/C32H31F/c1-20(2)25-16-14-23(18-22(25)5)32(24-15-17-26(21(3)4)31(33)19-24)29-12-8-6-10-27(29)28-11-7-9-13-30(28)32/h6-21H,1-5H3. The zero-order valence-electron chi connectivity index (χ0n) is 20.1. The quantitative estimate of drug-likeness (QED) is 0.265. The maximum atomic E-state index is 15.4. The molecule has 0 atom stereocenters. The van der Waals surface area contributed by atoms with E-state index in [0.717, 1.165) is 11.1 Å². The van der Waals surface area contributed by atoms with Crippen LogP contribution >= 0.6 is 0 Å². The van der Waals surface area contributed by atoms with Crippen LogP contribution in [0.4, 0.5) is 4.39 Å². The lowest BCUT2D eigenvalue weighted by Gasteiger charge is -2.35. The SMILES string of the molecule is Cc1cc(C2(c3ccc(C(C)C)c(F)c3)c3ccccc3-c3ccccc32)ccc1C(C)C. The van der Waals surface area contributed by atoms with Crippen LogP contribution in [0.3, 0.4) is 0 Å². The van der Waals surface area contributed by atoms with E-state index in [2.05, 4.69) is 93.6 Å². The molecule has 4 aromatic rings. The average Bonchev–Trinajstić information content (AvgIpc) is 3.10. The van der Waals surface area contributed by atoms with E-state index < -0.39 is 5.41 Å². The van der Waals surface area contributed by atoms with E-state index >= 15 is 4.39 Å². The van der Waals surface area contributed by atoms with Crippen molar-refractivity contribution in [3.63, 3.8) is 0 Å². The minimum Gasteiger partial charge on any atom is -0.207 e. The van der Waals surface area contributed by atoms with E-state index in [4.69, 9.17) is 0 Å². The summed E-state index contributed by atoms with van der Waals surface area (Å²) in [6.45, 7) is 10.8. The molecule has 1 aliphatic carbocycles. The molecule has 0 unspecified atom stereocenters. The van der Waals surface area contributed by atoms with Crippen molar-refractivity contribution >= 4 is 0 Å². The van der Waals surface area contributed by atoms with Gasteiger partial charge in [-0.1, -0.05) is 107 Å². The summed E-state index contributed by atoms with van der Waals surface area (Å²) in [4.78, 5) is 0. The minimum atomic E-state index is -0.552. The Kier molecular flexibility index (Phi) is 5.24. The summed E-state index contributed by atoms with van der Waals surface area (Å²) < 4.78 is 15.4. The first-order valence-corrected chi connectivity index (χ1v) is 12.0. The van der Waals surface area contributed by atoms with Gasteiger partial charge in [-0.05, 0) is 74.9 Å². The van der Waals surface area contributed by atoms with Gasteiger partial charge in [-0.3, -0.25) is 0 Å². The molecule has 1 aliphatic rings. The highest BCUT2D eigenvalue weighted by Gasteiger charge is 2.46. The molecule has 0 bridgehead atoms. The van der Waals surface area contributed by atoms with Crippen molar-refractivity contribution in [2.24, 2.45) is 0 Å². The zero-order valence-corrected chi connectivity index (χ0v) is 20.1. The van der Waals surface area contributed by atoms with Crippen LogP contribution in [0.5, 0.6) is 0 Å². The van der Waals surface area contributed by atoms with Crippen LogP contribution in [-0.2, 0) is 5.41 Å². The predicted molar refractivity (Wildman–Crippen MR) is 137 cm³/mol. The summed E-state index contributed by atoms with van der Waals surface area (Å²) in [6, 6.07) is 30.0. The number of aryl methyl sites for hydroxylation is 1. The number of hydrogen-bond donors (Lipinski definition) is 0. The second kappa shape index (κ2) is 7.99. The Bertz CT molecular complexity index is 1240.